The Kier molecular flexibility index (Phi) is 5.50. The van der Waals surface area contributed by atoms with Gasteiger partial charge in [-0.2, -0.15) is 9.97 Å². The quantitative estimate of drug-likeness (QED) is 0.373. The standard InChI is InChI=1S/C21H29N7O5/c1-20(2)17(31)28(18(32)21(20,3)4)19-24-15(23-9-26(5)6)14-16(25-19)27(10-22-14)13-7-11(30)12(8-29)33-13/h9-13,29-30H,7-8H2,1-6H3/b23-9+/t11-,12+,13+/m0/s1. The SMILES string of the molecule is CN(C)/C=N/c1nc(N2C(=O)C(C)(C)C(C)(C)C2=O)nc2c1ncn2[C@H]1C[C@H](O)[C@@H](CO)O1. The molecule has 0 unspecified atom stereocenters. The molecule has 2 saturated heterocycles. The number of hydrogen-bond acceptors (Lipinski definition) is 9. The number of anilines is 1. The zero-order valence-electron chi connectivity index (χ0n) is 19.6. The highest BCUT2D eigenvalue weighted by molar-refractivity contribution is 6.24. The Bertz CT molecular complexity index is 1110. The van der Waals surface area contributed by atoms with Gasteiger partial charge in [0.05, 0.1) is 36.2 Å². The highest BCUT2D eigenvalue weighted by Gasteiger charge is 2.60. The Morgan fingerprint density at radius 3 is 2.39 bits per heavy atom. The molecule has 0 aliphatic carbocycles. The van der Waals surface area contributed by atoms with Gasteiger partial charge in [0.1, 0.15) is 12.3 Å². The van der Waals surface area contributed by atoms with Gasteiger partial charge in [-0.05, 0) is 27.7 Å². The van der Waals surface area contributed by atoms with E-state index in [2.05, 4.69) is 19.9 Å². The number of carbonyl (C=O) groups is 2. The van der Waals surface area contributed by atoms with Crippen molar-refractivity contribution in [2.45, 2.75) is 52.6 Å². The molecule has 33 heavy (non-hydrogen) atoms. The van der Waals surface area contributed by atoms with E-state index in [-0.39, 0.29) is 24.8 Å². The zero-order valence-corrected chi connectivity index (χ0v) is 19.6. The molecule has 2 fully saturated rings. The van der Waals surface area contributed by atoms with Gasteiger partial charge >= 0.3 is 0 Å². The van der Waals surface area contributed by atoms with E-state index in [1.165, 1.54) is 12.7 Å². The molecule has 12 heteroatoms. The van der Waals surface area contributed by atoms with Crippen molar-refractivity contribution < 1.29 is 24.5 Å². The van der Waals surface area contributed by atoms with Crippen molar-refractivity contribution in [2.24, 2.45) is 15.8 Å². The van der Waals surface area contributed by atoms with Crippen molar-refractivity contribution >= 4 is 41.1 Å². The van der Waals surface area contributed by atoms with Crippen LogP contribution in [0.4, 0.5) is 11.8 Å². The summed E-state index contributed by atoms with van der Waals surface area (Å²) in [5.74, 6) is -0.722. The number of rotatable bonds is 5. The maximum atomic E-state index is 13.2. The highest BCUT2D eigenvalue weighted by atomic mass is 16.5. The van der Waals surface area contributed by atoms with Crippen LogP contribution in [0.3, 0.4) is 0 Å². The van der Waals surface area contributed by atoms with E-state index in [0.29, 0.717) is 11.2 Å². The van der Waals surface area contributed by atoms with Crippen molar-refractivity contribution in [2.75, 3.05) is 25.6 Å². The summed E-state index contributed by atoms with van der Waals surface area (Å²) in [7, 11) is 3.59. The Morgan fingerprint density at radius 2 is 1.85 bits per heavy atom. The second kappa shape index (κ2) is 7.82. The Hall–Kier alpha value is -2.96. The molecule has 2 aromatic rings. The lowest BCUT2D eigenvalue weighted by atomic mass is 9.70. The number of aliphatic hydroxyl groups is 2. The maximum Gasteiger partial charge on any atom is 0.243 e. The number of aliphatic imine (C=N–C) groups is 1. The maximum absolute atomic E-state index is 13.2. The van der Waals surface area contributed by atoms with Gasteiger partial charge in [0.2, 0.25) is 17.8 Å². The molecular formula is C21H29N7O5. The Balaban J connectivity index is 1.88. The predicted octanol–water partition coefficient (Wildman–Crippen LogP) is 0.614. The fraction of sp³-hybridized carbons (Fsp3) is 0.619. The average molecular weight is 460 g/mol. The number of imide groups is 1. The monoisotopic (exact) mass is 459 g/mol. The molecule has 0 aromatic carbocycles. The molecule has 4 rings (SSSR count). The number of fused-ring (bicyclic) bond motifs is 1. The van der Waals surface area contributed by atoms with E-state index in [4.69, 9.17) is 4.74 Å². The number of carbonyl (C=O) groups excluding carboxylic acids is 2. The summed E-state index contributed by atoms with van der Waals surface area (Å²) < 4.78 is 7.35. The molecule has 0 saturated carbocycles. The van der Waals surface area contributed by atoms with Crippen LogP contribution in [0, 0.1) is 10.8 Å². The van der Waals surface area contributed by atoms with E-state index < -0.39 is 41.1 Å². The van der Waals surface area contributed by atoms with Crippen molar-refractivity contribution in [1.29, 1.82) is 0 Å². The zero-order chi connectivity index (χ0) is 24.3. The van der Waals surface area contributed by atoms with Crippen LogP contribution in [0.25, 0.3) is 11.2 Å². The van der Waals surface area contributed by atoms with Crippen LogP contribution in [0.5, 0.6) is 0 Å². The molecule has 2 aliphatic rings. The van der Waals surface area contributed by atoms with E-state index >= 15 is 0 Å². The number of aliphatic hydroxyl groups excluding tert-OH is 2. The summed E-state index contributed by atoms with van der Waals surface area (Å²) in [5, 5.41) is 19.6. The second-order valence-corrected chi connectivity index (χ2v) is 9.69. The molecular weight excluding hydrogens is 430 g/mol. The molecule has 2 aliphatic heterocycles. The third-order valence-electron chi connectivity index (χ3n) is 6.73. The van der Waals surface area contributed by atoms with Gasteiger partial charge in [-0.25, -0.2) is 14.9 Å². The average Bonchev–Trinajstić information content (AvgIpc) is 3.37. The van der Waals surface area contributed by atoms with Crippen LogP contribution in [0.1, 0.15) is 40.3 Å². The van der Waals surface area contributed by atoms with Crippen LogP contribution in [-0.2, 0) is 14.3 Å². The first-order valence-electron chi connectivity index (χ1n) is 10.7. The molecule has 0 radical (unpaired) electrons. The minimum atomic E-state index is -0.956. The third-order valence-corrected chi connectivity index (χ3v) is 6.73. The minimum absolute atomic E-state index is 0.0962. The highest BCUT2D eigenvalue weighted by Crippen LogP contribution is 2.48. The lowest BCUT2D eigenvalue weighted by molar-refractivity contribution is -0.129. The second-order valence-electron chi connectivity index (χ2n) is 9.69. The number of ether oxygens (including phenoxy) is 1. The van der Waals surface area contributed by atoms with Crippen LogP contribution in [0.15, 0.2) is 11.3 Å². The van der Waals surface area contributed by atoms with Gasteiger partial charge in [0.25, 0.3) is 0 Å². The predicted molar refractivity (Wildman–Crippen MR) is 119 cm³/mol. The molecule has 3 atom stereocenters. The van der Waals surface area contributed by atoms with Crippen LogP contribution < -0.4 is 4.90 Å². The van der Waals surface area contributed by atoms with Gasteiger partial charge in [-0.3, -0.25) is 14.2 Å². The number of hydrogen-bond donors (Lipinski definition) is 2. The topological polar surface area (TPSA) is 146 Å². The summed E-state index contributed by atoms with van der Waals surface area (Å²) in [6.45, 7) is 6.57. The largest absolute Gasteiger partial charge is 0.394 e. The van der Waals surface area contributed by atoms with Gasteiger partial charge in [-0.1, -0.05) is 0 Å². The smallest absolute Gasteiger partial charge is 0.243 e. The molecule has 0 spiro atoms. The molecule has 178 valence electrons. The first-order valence-corrected chi connectivity index (χ1v) is 10.7. The van der Waals surface area contributed by atoms with Gasteiger partial charge in [0, 0.05) is 20.5 Å². The normalized spacial score (nSPS) is 26.8. The van der Waals surface area contributed by atoms with Gasteiger partial charge in [0.15, 0.2) is 17.0 Å². The van der Waals surface area contributed by atoms with E-state index in [9.17, 15) is 19.8 Å². The number of nitrogens with zero attached hydrogens (tertiary/aromatic N) is 7. The molecule has 2 N–H and O–H groups in total. The van der Waals surface area contributed by atoms with Crippen molar-refractivity contribution in [3.8, 4) is 0 Å². The van der Waals surface area contributed by atoms with Crippen LogP contribution >= 0.6 is 0 Å². The van der Waals surface area contributed by atoms with Crippen molar-refractivity contribution in [3.63, 3.8) is 0 Å². The summed E-state index contributed by atoms with van der Waals surface area (Å²) in [6, 6.07) is 0. The third kappa shape index (κ3) is 3.49. The molecule has 2 amide bonds. The Morgan fingerprint density at radius 1 is 1.21 bits per heavy atom. The fourth-order valence-corrected chi connectivity index (χ4v) is 3.88. The first-order chi connectivity index (χ1) is 15.4. The minimum Gasteiger partial charge on any atom is -0.394 e. The van der Waals surface area contributed by atoms with Gasteiger partial charge in [-0.15, -0.1) is 0 Å². The van der Waals surface area contributed by atoms with E-state index in [1.54, 1.807) is 51.3 Å². The molecule has 2 aromatic heterocycles. The number of imidazole rings is 1. The summed E-state index contributed by atoms with van der Waals surface area (Å²) >= 11 is 0. The van der Waals surface area contributed by atoms with E-state index in [1.807, 2.05) is 0 Å². The van der Waals surface area contributed by atoms with Crippen molar-refractivity contribution in [1.82, 2.24) is 24.4 Å². The lowest BCUT2D eigenvalue weighted by Crippen LogP contribution is -2.35. The molecule has 12 nitrogen and oxygen atoms in total. The summed E-state index contributed by atoms with van der Waals surface area (Å²) in [6.07, 6.45) is 0.999. The summed E-state index contributed by atoms with van der Waals surface area (Å²) in [5.41, 5.74) is -1.27. The molecule has 4 heterocycles. The Labute approximate surface area is 190 Å². The lowest BCUT2D eigenvalue weighted by Gasteiger charge is -2.28. The number of aromatic nitrogens is 4. The van der Waals surface area contributed by atoms with Crippen LogP contribution in [-0.4, -0.2) is 85.7 Å². The fourth-order valence-electron chi connectivity index (χ4n) is 3.88. The first kappa shape index (κ1) is 23.2. The molecule has 0 bridgehead atoms. The van der Waals surface area contributed by atoms with Gasteiger partial charge < -0.3 is 19.8 Å². The summed E-state index contributed by atoms with van der Waals surface area (Å²) in [4.78, 5) is 46.9. The van der Waals surface area contributed by atoms with E-state index in [0.717, 1.165) is 4.90 Å². The van der Waals surface area contributed by atoms with Crippen LogP contribution in [0.2, 0.25) is 0 Å². The number of amides is 2. The van der Waals surface area contributed by atoms with Crippen molar-refractivity contribution in [3.05, 3.63) is 6.33 Å².